The van der Waals surface area contributed by atoms with Crippen molar-refractivity contribution in [3.63, 3.8) is 0 Å². The molecular weight excluding hydrogens is 240 g/mol. The lowest BCUT2D eigenvalue weighted by Gasteiger charge is -2.23. The van der Waals surface area contributed by atoms with E-state index in [4.69, 9.17) is 0 Å². The largest absolute Gasteiger partial charge is 0.0845 e. The summed E-state index contributed by atoms with van der Waals surface area (Å²) in [6.45, 7) is 2.08. The van der Waals surface area contributed by atoms with E-state index in [1.807, 2.05) is 18.2 Å². The quantitative estimate of drug-likeness (QED) is 0.613. The fraction of sp³-hybridized carbons (Fsp3) is 0.300. The molecule has 0 radical (unpaired) electrons. The molecule has 1 saturated carbocycles. The van der Waals surface area contributed by atoms with Crippen LogP contribution in [-0.4, -0.2) is 0 Å². The molecule has 20 heavy (non-hydrogen) atoms. The van der Waals surface area contributed by atoms with E-state index in [-0.39, 0.29) is 0 Å². The summed E-state index contributed by atoms with van der Waals surface area (Å²) in [5.41, 5.74) is 3.26. The average Bonchev–Trinajstić information content (AvgIpc) is 3.12. The van der Waals surface area contributed by atoms with E-state index in [9.17, 15) is 0 Å². The van der Waals surface area contributed by atoms with Crippen molar-refractivity contribution in [3.8, 4) is 0 Å². The zero-order valence-electron chi connectivity index (χ0n) is 12.1. The van der Waals surface area contributed by atoms with Crippen LogP contribution in [0.4, 0.5) is 0 Å². The second-order valence-electron chi connectivity index (χ2n) is 6.04. The molecule has 2 aliphatic carbocycles. The lowest BCUT2D eigenvalue weighted by Crippen LogP contribution is -2.16. The Hall–Kier alpha value is -1.82. The molecule has 1 fully saturated rings. The summed E-state index contributed by atoms with van der Waals surface area (Å²) >= 11 is 0. The molecule has 0 aromatic heterocycles. The lowest BCUT2D eigenvalue weighted by molar-refractivity contribution is 0.567. The van der Waals surface area contributed by atoms with Gasteiger partial charge < -0.3 is 0 Å². The van der Waals surface area contributed by atoms with E-state index in [0.29, 0.717) is 5.41 Å². The number of allylic oxidation sites excluding steroid dienone is 2. The van der Waals surface area contributed by atoms with Crippen LogP contribution in [0.25, 0.3) is 0 Å². The summed E-state index contributed by atoms with van der Waals surface area (Å²) in [6.07, 6.45) is 8.97. The van der Waals surface area contributed by atoms with Crippen molar-refractivity contribution < 1.29 is 0 Å². The SMILES string of the molecule is C1=CC2(c3ccccc3)CCC1C2.Cc1ccccc1. The third-order valence-electron chi connectivity index (χ3n) is 4.56. The smallest absolute Gasteiger partial charge is 0.0138 e. The Balaban J connectivity index is 0.000000147. The van der Waals surface area contributed by atoms with Crippen LogP contribution in [0.15, 0.2) is 72.8 Å². The molecule has 2 aliphatic rings. The molecule has 0 nitrogen and oxygen atoms in total. The van der Waals surface area contributed by atoms with Gasteiger partial charge >= 0.3 is 0 Å². The second-order valence-corrected chi connectivity index (χ2v) is 6.04. The first-order chi connectivity index (χ1) is 9.78. The summed E-state index contributed by atoms with van der Waals surface area (Å²) in [5.74, 6) is 0.875. The van der Waals surface area contributed by atoms with Gasteiger partial charge in [0.25, 0.3) is 0 Å². The highest BCUT2D eigenvalue weighted by Gasteiger charge is 2.41. The average molecular weight is 262 g/mol. The maximum atomic E-state index is 2.44. The molecule has 102 valence electrons. The van der Waals surface area contributed by atoms with E-state index in [2.05, 4.69) is 61.5 Å². The Morgan fingerprint density at radius 3 is 1.95 bits per heavy atom. The molecule has 0 N–H and O–H groups in total. The monoisotopic (exact) mass is 262 g/mol. The molecular formula is C20H22. The molecule has 0 saturated heterocycles. The van der Waals surface area contributed by atoms with E-state index >= 15 is 0 Å². The van der Waals surface area contributed by atoms with Gasteiger partial charge in [-0.15, -0.1) is 0 Å². The van der Waals surface area contributed by atoms with Crippen LogP contribution >= 0.6 is 0 Å². The van der Waals surface area contributed by atoms with E-state index in [1.165, 1.54) is 30.4 Å². The summed E-state index contributed by atoms with van der Waals surface area (Å²) in [4.78, 5) is 0. The van der Waals surface area contributed by atoms with Crippen molar-refractivity contribution in [2.45, 2.75) is 31.6 Å². The third-order valence-corrected chi connectivity index (χ3v) is 4.56. The minimum Gasteiger partial charge on any atom is -0.0845 e. The van der Waals surface area contributed by atoms with Crippen molar-refractivity contribution in [3.05, 3.63) is 83.9 Å². The van der Waals surface area contributed by atoms with Crippen LogP contribution in [0.5, 0.6) is 0 Å². The topological polar surface area (TPSA) is 0 Å². The van der Waals surface area contributed by atoms with Crippen molar-refractivity contribution in [1.29, 1.82) is 0 Å². The Labute approximate surface area is 122 Å². The fourth-order valence-electron chi connectivity index (χ4n) is 3.41. The van der Waals surface area contributed by atoms with Gasteiger partial charge in [0.05, 0.1) is 0 Å². The maximum Gasteiger partial charge on any atom is 0.0138 e. The highest BCUT2D eigenvalue weighted by molar-refractivity contribution is 5.36. The number of hydrogen-bond acceptors (Lipinski definition) is 0. The summed E-state index contributed by atoms with van der Waals surface area (Å²) in [6, 6.07) is 21.2. The molecule has 0 heteroatoms. The minimum absolute atomic E-state index is 0.423. The van der Waals surface area contributed by atoms with Crippen molar-refractivity contribution >= 4 is 0 Å². The van der Waals surface area contributed by atoms with Gasteiger partial charge in [0.15, 0.2) is 0 Å². The first-order valence-corrected chi connectivity index (χ1v) is 7.55. The minimum atomic E-state index is 0.423. The lowest BCUT2D eigenvalue weighted by atomic mass is 9.80. The van der Waals surface area contributed by atoms with Crippen LogP contribution in [0.3, 0.4) is 0 Å². The van der Waals surface area contributed by atoms with E-state index in [1.54, 1.807) is 0 Å². The van der Waals surface area contributed by atoms with Gasteiger partial charge in [-0.25, -0.2) is 0 Å². The normalized spacial score (nSPS) is 26.1. The fourth-order valence-corrected chi connectivity index (χ4v) is 3.41. The Bertz CT molecular complexity index is 568. The molecule has 0 aliphatic heterocycles. The first-order valence-electron chi connectivity index (χ1n) is 7.55. The van der Waals surface area contributed by atoms with Crippen molar-refractivity contribution in [2.24, 2.45) is 5.92 Å². The Morgan fingerprint density at radius 2 is 1.55 bits per heavy atom. The van der Waals surface area contributed by atoms with Crippen LogP contribution in [0.2, 0.25) is 0 Å². The van der Waals surface area contributed by atoms with E-state index < -0.39 is 0 Å². The molecule has 2 atom stereocenters. The summed E-state index contributed by atoms with van der Waals surface area (Å²) < 4.78 is 0. The molecule has 0 spiro atoms. The molecule has 2 aromatic carbocycles. The summed E-state index contributed by atoms with van der Waals surface area (Å²) in [7, 11) is 0. The number of aryl methyl sites for hydroxylation is 1. The van der Waals surface area contributed by atoms with Gasteiger partial charge in [-0.3, -0.25) is 0 Å². The van der Waals surface area contributed by atoms with Gasteiger partial charge in [-0.1, -0.05) is 78.4 Å². The van der Waals surface area contributed by atoms with Gasteiger partial charge in [0.1, 0.15) is 0 Å². The van der Waals surface area contributed by atoms with Crippen LogP contribution < -0.4 is 0 Å². The number of benzene rings is 2. The van der Waals surface area contributed by atoms with Crippen molar-refractivity contribution in [2.75, 3.05) is 0 Å². The first kappa shape index (κ1) is 13.2. The van der Waals surface area contributed by atoms with Gasteiger partial charge in [-0.05, 0) is 37.7 Å². The highest BCUT2D eigenvalue weighted by Crippen LogP contribution is 2.50. The standard InChI is InChI=1S/C13H14.C7H8/c1-2-4-12(5-3-1)13-8-6-11(10-13)7-9-13;1-7-5-3-2-4-6-7/h1-6,8,11H,7,9-10H2;2-6H,1H3. The number of rotatable bonds is 1. The predicted octanol–water partition coefficient (Wildman–Crippen LogP) is 5.29. The molecule has 2 unspecified atom stereocenters. The van der Waals surface area contributed by atoms with Crippen LogP contribution in [-0.2, 0) is 5.41 Å². The second kappa shape index (κ2) is 5.66. The van der Waals surface area contributed by atoms with Gasteiger partial charge in [0.2, 0.25) is 0 Å². The van der Waals surface area contributed by atoms with Gasteiger partial charge in [0, 0.05) is 5.41 Å². The number of hydrogen-bond donors (Lipinski definition) is 0. The van der Waals surface area contributed by atoms with Crippen molar-refractivity contribution in [1.82, 2.24) is 0 Å². The Kier molecular flexibility index (Phi) is 3.73. The third kappa shape index (κ3) is 2.70. The molecule has 2 aromatic rings. The summed E-state index contributed by atoms with van der Waals surface area (Å²) in [5, 5.41) is 0. The highest BCUT2D eigenvalue weighted by atomic mass is 14.4. The van der Waals surface area contributed by atoms with Gasteiger partial charge in [-0.2, -0.15) is 0 Å². The molecule has 4 rings (SSSR count). The van der Waals surface area contributed by atoms with Crippen LogP contribution in [0.1, 0.15) is 30.4 Å². The molecule has 0 amide bonds. The molecule has 0 heterocycles. The predicted molar refractivity (Wildman–Crippen MR) is 85.8 cm³/mol. The maximum absolute atomic E-state index is 2.44. The zero-order valence-corrected chi connectivity index (χ0v) is 12.1. The van der Waals surface area contributed by atoms with Crippen LogP contribution in [0, 0.1) is 12.8 Å². The molecule has 2 bridgehead atoms. The Morgan fingerprint density at radius 1 is 0.900 bits per heavy atom. The van der Waals surface area contributed by atoms with E-state index in [0.717, 1.165) is 5.92 Å². The number of fused-ring (bicyclic) bond motifs is 2. The zero-order chi connectivity index (χ0) is 13.8.